The molecule has 0 fully saturated rings. The zero-order valence-electron chi connectivity index (χ0n) is 11.0. The number of nitrogens with two attached hydrogens (primary N) is 1. The quantitative estimate of drug-likeness (QED) is 0.674. The molecule has 21 heavy (non-hydrogen) atoms. The van der Waals surface area contributed by atoms with E-state index in [1.165, 1.54) is 0 Å². The number of carbonyl (C=O) groups excluding carboxylic acids is 1. The van der Waals surface area contributed by atoms with E-state index in [9.17, 15) is 4.79 Å². The van der Waals surface area contributed by atoms with Crippen LogP contribution in [-0.2, 0) is 22.6 Å². The van der Waals surface area contributed by atoms with Gasteiger partial charge in [-0.05, 0) is 41.8 Å². The van der Waals surface area contributed by atoms with Crippen LogP contribution >= 0.6 is 23.2 Å². The first-order chi connectivity index (χ1) is 10.0. The summed E-state index contributed by atoms with van der Waals surface area (Å²) in [5.41, 5.74) is 7.39. The van der Waals surface area contributed by atoms with Crippen molar-refractivity contribution in [3.63, 3.8) is 0 Å². The number of ether oxygens (including phenoxy) is 1. The maximum Gasteiger partial charge on any atom is 0.323 e. The highest BCUT2D eigenvalue weighted by Crippen LogP contribution is 2.15. The van der Waals surface area contributed by atoms with Crippen LogP contribution in [0.2, 0.25) is 10.3 Å². The zero-order chi connectivity index (χ0) is 15.2. The van der Waals surface area contributed by atoms with Crippen molar-refractivity contribution in [3.8, 4) is 0 Å². The summed E-state index contributed by atoms with van der Waals surface area (Å²) in [6.45, 7) is 0.0465. The van der Waals surface area contributed by atoms with Crippen molar-refractivity contribution < 1.29 is 9.53 Å². The van der Waals surface area contributed by atoms with Gasteiger partial charge in [0.2, 0.25) is 0 Å². The number of rotatable bonds is 5. The van der Waals surface area contributed by atoms with Crippen LogP contribution in [0.25, 0.3) is 0 Å². The van der Waals surface area contributed by atoms with Gasteiger partial charge in [-0.1, -0.05) is 23.2 Å². The van der Waals surface area contributed by atoms with Gasteiger partial charge in [0, 0.05) is 12.4 Å². The second kappa shape index (κ2) is 7.36. The topological polar surface area (TPSA) is 78.1 Å². The highest BCUT2D eigenvalue weighted by Gasteiger charge is 2.16. The number of aromatic nitrogens is 2. The Morgan fingerprint density at radius 3 is 2.43 bits per heavy atom. The Morgan fingerprint density at radius 1 is 1.19 bits per heavy atom. The van der Waals surface area contributed by atoms with Crippen molar-refractivity contribution in [3.05, 3.63) is 58.1 Å². The zero-order valence-corrected chi connectivity index (χ0v) is 12.5. The van der Waals surface area contributed by atoms with Gasteiger partial charge in [-0.2, -0.15) is 0 Å². The molecule has 0 aromatic carbocycles. The van der Waals surface area contributed by atoms with Gasteiger partial charge in [-0.15, -0.1) is 0 Å². The molecular weight excluding hydrogens is 313 g/mol. The van der Waals surface area contributed by atoms with Crippen molar-refractivity contribution in [2.45, 2.75) is 19.1 Å². The molecule has 0 radical (unpaired) electrons. The smallest absolute Gasteiger partial charge is 0.323 e. The number of halogens is 2. The van der Waals surface area contributed by atoms with Gasteiger partial charge in [0.15, 0.2) is 0 Å². The second-order valence-electron chi connectivity index (χ2n) is 4.39. The van der Waals surface area contributed by atoms with E-state index >= 15 is 0 Å². The van der Waals surface area contributed by atoms with E-state index in [0.717, 1.165) is 5.56 Å². The number of pyridine rings is 2. The molecule has 2 rings (SSSR count). The lowest BCUT2D eigenvalue weighted by Crippen LogP contribution is -2.34. The molecule has 2 aromatic heterocycles. The molecule has 0 spiro atoms. The Morgan fingerprint density at radius 2 is 1.81 bits per heavy atom. The van der Waals surface area contributed by atoms with E-state index in [-0.39, 0.29) is 16.9 Å². The number of carbonyl (C=O) groups is 1. The summed E-state index contributed by atoms with van der Waals surface area (Å²) >= 11 is 11.5. The van der Waals surface area contributed by atoms with Crippen molar-refractivity contribution in [1.29, 1.82) is 0 Å². The number of hydrogen-bond acceptors (Lipinski definition) is 5. The first kappa shape index (κ1) is 15.7. The maximum atomic E-state index is 11.8. The highest BCUT2D eigenvalue weighted by atomic mass is 35.5. The first-order valence-electron chi connectivity index (χ1n) is 6.17. The Hall–Kier alpha value is -1.69. The van der Waals surface area contributed by atoms with E-state index in [1.54, 1.807) is 36.7 Å². The van der Waals surface area contributed by atoms with E-state index < -0.39 is 12.0 Å². The summed E-state index contributed by atoms with van der Waals surface area (Å²) in [5, 5.41) is 0.490. The molecular formula is C14H13Cl2N3O2. The van der Waals surface area contributed by atoms with Gasteiger partial charge in [0.05, 0.1) is 0 Å². The van der Waals surface area contributed by atoms with Gasteiger partial charge in [-0.25, -0.2) is 4.98 Å². The number of esters is 1. The van der Waals surface area contributed by atoms with Crippen LogP contribution in [0, 0.1) is 0 Å². The third kappa shape index (κ3) is 4.97. The molecule has 0 unspecified atom stereocenters. The van der Waals surface area contributed by atoms with E-state index in [1.807, 2.05) is 0 Å². The molecule has 2 aromatic rings. The third-order valence-corrected chi connectivity index (χ3v) is 3.10. The predicted molar refractivity (Wildman–Crippen MR) is 80.0 cm³/mol. The van der Waals surface area contributed by atoms with E-state index in [0.29, 0.717) is 12.0 Å². The summed E-state index contributed by atoms with van der Waals surface area (Å²) in [6.07, 6.45) is 3.68. The minimum Gasteiger partial charge on any atom is -0.460 e. The summed E-state index contributed by atoms with van der Waals surface area (Å²) in [5.74, 6) is -0.490. The number of nitrogens with zero attached hydrogens (tertiary/aromatic N) is 2. The molecule has 0 saturated carbocycles. The fourth-order valence-electron chi connectivity index (χ4n) is 1.72. The second-order valence-corrected chi connectivity index (χ2v) is 5.17. The molecule has 5 nitrogen and oxygen atoms in total. The van der Waals surface area contributed by atoms with Crippen LogP contribution < -0.4 is 5.73 Å². The minimum absolute atomic E-state index is 0.0465. The average molecular weight is 326 g/mol. The van der Waals surface area contributed by atoms with Crippen molar-refractivity contribution in [2.75, 3.05) is 0 Å². The van der Waals surface area contributed by atoms with Gasteiger partial charge >= 0.3 is 5.97 Å². The van der Waals surface area contributed by atoms with Gasteiger partial charge < -0.3 is 10.5 Å². The number of hydrogen-bond donors (Lipinski definition) is 1. The molecule has 0 aliphatic rings. The summed E-state index contributed by atoms with van der Waals surface area (Å²) in [4.78, 5) is 19.6. The Kier molecular flexibility index (Phi) is 5.50. The molecule has 2 N–H and O–H groups in total. The molecule has 0 amide bonds. The van der Waals surface area contributed by atoms with Crippen LogP contribution in [0.4, 0.5) is 0 Å². The summed E-state index contributed by atoms with van der Waals surface area (Å²) in [7, 11) is 0. The third-order valence-electron chi connectivity index (χ3n) is 2.71. The fourth-order valence-corrected chi connectivity index (χ4v) is 2.22. The van der Waals surface area contributed by atoms with Crippen LogP contribution in [0.3, 0.4) is 0 Å². The molecule has 2 heterocycles. The molecule has 0 saturated heterocycles. The summed E-state index contributed by atoms with van der Waals surface area (Å²) < 4.78 is 5.15. The van der Waals surface area contributed by atoms with Crippen LogP contribution in [0.5, 0.6) is 0 Å². The van der Waals surface area contributed by atoms with E-state index in [2.05, 4.69) is 9.97 Å². The van der Waals surface area contributed by atoms with Crippen LogP contribution in [0.1, 0.15) is 11.1 Å². The molecule has 110 valence electrons. The van der Waals surface area contributed by atoms with Gasteiger partial charge in [-0.3, -0.25) is 9.78 Å². The van der Waals surface area contributed by atoms with Crippen molar-refractivity contribution in [1.82, 2.24) is 9.97 Å². The molecule has 0 aliphatic heterocycles. The van der Waals surface area contributed by atoms with E-state index in [4.69, 9.17) is 33.7 Å². The lowest BCUT2D eigenvalue weighted by atomic mass is 10.1. The Bertz CT molecular complexity index is 603. The summed E-state index contributed by atoms with van der Waals surface area (Å²) in [6, 6.07) is 6.02. The molecule has 7 heteroatoms. The first-order valence-corrected chi connectivity index (χ1v) is 6.93. The fraction of sp³-hybridized carbons (Fsp3) is 0.214. The van der Waals surface area contributed by atoms with Crippen molar-refractivity contribution in [2.24, 2.45) is 5.73 Å². The van der Waals surface area contributed by atoms with Gasteiger partial charge in [0.25, 0.3) is 0 Å². The largest absolute Gasteiger partial charge is 0.460 e. The van der Waals surface area contributed by atoms with Crippen LogP contribution in [-0.4, -0.2) is 22.0 Å². The van der Waals surface area contributed by atoms with Crippen LogP contribution in [0.15, 0.2) is 36.7 Å². The minimum atomic E-state index is -0.736. The Balaban J connectivity index is 1.89. The highest BCUT2D eigenvalue weighted by molar-refractivity contribution is 6.32. The van der Waals surface area contributed by atoms with Gasteiger partial charge in [0.1, 0.15) is 23.0 Å². The maximum absolute atomic E-state index is 11.8. The standard InChI is InChI=1S/C14H13Cl2N3O2/c15-12-6-10(7-13(16)19-12)8-21-14(20)11(17)5-9-1-3-18-4-2-9/h1-4,6-7,11H,5,8,17H2/t11-/m0/s1. The normalized spacial score (nSPS) is 12.0. The SMILES string of the molecule is N[C@@H](Cc1ccncc1)C(=O)OCc1cc(Cl)nc(Cl)c1. The molecule has 0 bridgehead atoms. The lowest BCUT2D eigenvalue weighted by molar-refractivity contribution is -0.146. The van der Waals surface area contributed by atoms with Crippen molar-refractivity contribution >= 4 is 29.2 Å². The lowest BCUT2D eigenvalue weighted by Gasteiger charge is -2.11. The predicted octanol–water partition coefficient (Wildman–Crippen LogP) is 2.40. The average Bonchev–Trinajstić information content (AvgIpc) is 2.44. The molecule has 1 atom stereocenters. The monoisotopic (exact) mass is 325 g/mol. The molecule has 0 aliphatic carbocycles. The Labute approximate surface area is 132 Å².